The average Bonchev–Trinajstić information content (AvgIpc) is 2.72. The summed E-state index contributed by atoms with van der Waals surface area (Å²) >= 11 is 0. The molecule has 0 radical (unpaired) electrons. The summed E-state index contributed by atoms with van der Waals surface area (Å²) in [4.78, 5) is 9.11. The summed E-state index contributed by atoms with van der Waals surface area (Å²) in [7, 11) is 1.93. The molecule has 2 aromatic heterocycles. The van der Waals surface area contributed by atoms with Gasteiger partial charge < -0.3 is 5.32 Å². The molecule has 5 nitrogen and oxygen atoms in total. The largest absolute Gasteiger partial charge is 0.317 e. The van der Waals surface area contributed by atoms with Gasteiger partial charge in [0, 0.05) is 13.0 Å². The molecule has 90 valence electrons. The van der Waals surface area contributed by atoms with Crippen molar-refractivity contribution in [2.45, 2.75) is 25.7 Å². The van der Waals surface area contributed by atoms with E-state index >= 15 is 0 Å². The first-order chi connectivity index (χ1) is 8.25. The van der Waals surface area contributed by atoms with Crippen molar-refractivity contribution in [2.75, 3.05) is 13.1 Å². The van der Waals surface area contributed by atoms with E-state index in [2.05, 4.69) is 20.4 Å². The Hall–Kier alpha value is -1.49. The highest BCUT2D eigenvalue weighted by molar-refractivity contribution is 5.77. The summed E-state index contributed by atoms with van der Waals surface area (Å²) in [5.74, 6) is 1.39. The lowest BCUT2D eigenvalue weighted by Gasteiger charge is -2.22. The van der Waals surface area contributed by atoms with Gasteiger partial charge in [-0.1, -0.05) is 0 Å². The lowest BCUT2D eigenvalue weighted by atomic mass is 9.93. The van der Waals surface area contributed by atoms with Crippen molar-refractivity contribution in [1.29, 1.82) is 0 Å². The van der Waals surface area contributed by atoms with E-state index in [1.54, 1.807) is 0 Å². The fourth-order valence-corrected chi connectivity index (χ4v) is 2.56. The van der Waals surface area contributed by atoms with Gasteiger partial charge in [-0.3, -0.25) is 4.68 Å². The zero-order chi connectivity index (χ0) is 11.8. The van der Waals surface area contributed by atoms with E-state index in [1.807, 2.05) is 24.9 Å². The standard InChI is InChI=1S/C12H17N5/c1-8-15-11(9-3-5-13-6-4-9)10-7-14-17(2)12(10)16-8/h7,9,13H,3-6H2,1-2H3. The first-order valence-electron chi connectivity index (χ1n) is 6.12. The maximum atomic E-state index is 4.65. The SMILES string of the molecule is Cc1nc(C2CCNCC2)c2cnn(C)c2n1. The second kappa shape index (κ2) is 4.07. The Balaban J connectivity index is 2.13. The van der Waals surface area contributed by atoms with Crippen molar-refractivity contribution >= 4 is 11.0 Å². The van der Waals surface area contributed by atoms with Crippen LogP contribution >= 0.6 is 0 Å². The Morgan fingerprint density at radius 2 is 2.06 bits per heavy atom. The van der Waals surface area contributed by atoms with Gasteiger partial charge >= 0.3 is 0 Å². The summed E-state index contributed by atoms with van der Waals surface area (Å²) in [5.41, 5.74) is 2.13. The monoisotopic (exact) mass is 231 g/mol. The number of aryl methyl sites for hydroxylation is 2. The molecular formula is C12H17N5. The third kappa shape index (κ3) is 1.80. The maximum Gasteiger partial charge on any atom is 0.161 e. The molecule has 0 aliphatic carbocycles. The molecule has 3 rings (SSSR count). The molecule has 0 saturated carbocycles. The Labute approximate surface area is 100 Å². The van der Waals surface area contributed by atoms with Crippen LogP contribution in [0.1, 0.15) is 30.3 Å². The fourth-order valence-electron chi connectivity index (χ4n) is 2.56. The van der Waals surface area contributed by atoms with Crippen molar-refractivity contribution in [1.82, 2.24) is 25.1 Å². The topological polar surface area (TPSA) is 55.6 Å². The van der Waals surface area contributed by atoms with E-state index in [9.17, 15) is 0 Å². The fraction of sp³-hybridized carbons (Fsp3) is 0.583. The van der Waals surface area contributed by atoms with Crippen LogP contribution in [0.3, 0.4) is 0 Å². The zero-order valence-electron chi connectivity index (χ0n) is 10.3. The van der Waals surface area contributed by atoms with E-state index in [1.165, 1.54) is 5.69 Å². The van der Waals surface area contributed by atoms with Crippen LogP contribution in [-0.2, 0) is 7.05 Å². The third-order valence-corrected chi connectivity index (χ3v) is 3.46. The molecule has 0 spiro atoms. The van der Waals surface area contributed by atoms with Crippen LogP contribution in [0, 0.1) is 6.92 Å². The van der Waals surface area contributed by atoms with E-state index in [0.717, 1.165) is 42.8 Å². The summed E-state index contributed by atoms with van der Waals surface area (Å²) in [6.45, 7) is 4.11. The number of aromatic nitrogens is 4. The number of nitrogens with one attached hydrogen (secondary N) is 1. The minimum atomic E-state index is 0.546. The zero-order valence-corrected chi connectivity index (χ0v) is 10.3. The van der Waals surface area contributed by atoms with Gasteiger partial charge in [-0.15, -0.1) is 0 Å². The summed E-state index contributed by atoms with van der Waals surface area (Å²) < 4.78 is 1.83. The second-order valence-corrected chi connectivity index (χ2v) is 4.69. The van der Waals surface area contributed by atoms with Crippen LogP contribution in [0.2, 0.25) is 0 Å². The van der Waals surface area contributed by atoms with Gasteiger partial charge in [-0.05, 0) is 32.9 Å². The van der Waals surface area contributed by atoms with E-state index in [-0.39, 0.29) is 0 Å². The van der Waals surface area contributed by atoms with Crippen molar-refractivity contribution in [3.63, 3.8) is 0 Å². The highest BCUT2D eigenvalue weighted by Crippen LogP contribution is 2.28. The Bertz CT molecular complexity index is 539. The van der Waals surface area contributed by atoms with Gasteiger partial charge in [0.05, 0.1) is 17.3 Å². The first-order valence-corrected chi connectivity index (χ1v) is 6.12. The van der Waals surface area contributed by atoms with Crippen LogP contribution in [0.25, 0.3) is 11.0 Å². The molecule has 17 heavy (non-hydrogen) atoms. The molecule has 0 atom stereocenters. The van der Waals surface area contributed by atoms with E-state index in [4.69, 9.17) is 0 Å². The second-order valence-electron chi connectivity index (χ2n) is 4.69. The first kappa shape index (κ1) is 10.7. The predicted molar refractivity (Wildman–Crippen MR) is 65.9 cm³/mol. The van der Waals surface area contributed by atoms with E-state index < -0.39 is 0 Å². The van der Waals surface area contributed by atoms with Crippen molar-refractivity contribution in [3.8, 4) is 0 Å². The van der Waals surface area contributed by atoms with E-state index in [0.29, 0.717) is 5.92 Å². The minimum Gasteiger partial charge on any atom is -0.317 e. The molecule has 0 amide bonds. The van der Waals surface area contributed by atoms with Crippen LogP contribution < -0.4 is 5.32 Å². The molecule has 0 unspecified atom stereocenters. The molecular weight excluding hydrogens is 214 g/mol. The highest BCUT2D eigenvalue weighted by atomic mass is 15.3. The lowest BCUT2D eigenvalue weighted by molar-refractivity contribution is 0.454. The minimum absolute atomic E-state index is 0.546. The molecule has 1 aliphatic rings. The van der Waals surface area contributed by atoms with Gasteiger partial charge in [-0.2, -0.15) is 5.10 Å². The van der Waals surface area contributed by atoms with Crippen LogP contribution in [0.5, 0.6) is 0 Å². The van der Waals surface area contributed by atoms with Gasteiger partial charge in [0.15, 0.2) is 5.65 Å². The summed E-state index contributed by atoms with van der Waals surface area (Å²) in [6.07, 6.45) is 4.20. The van der Waals surface area contributed by atoms with Crippen LogP contribution in [0.15, 0.2) is 6.20 Å². The maximum absolute atomic E-state index is 4.65. The third-order valence-electron chi connectivity index (χ3n) is 3.46. The van der Waals surface area contributed by atoms with Crippen molar-refractivity contribution in [3.05, 3.63) is 17.7 Å². The van der Waals surface area contributed by atoms with Gasteiger partial charge in [-0.25, -0.2) is 9.97 Å². The quantitative estimate of drug-likeness (QED) is 0.799. The molecule has 1 aliphatic heterocycles. The molecule has 3 heterocycles. The highest BCUT2D eigenvalue weighted by Gasteiger charge is 2.21. The Morgan fingerprint density at radius 3 is 2.82 bits per heavy atom. The number of piperidine rings is 1. The number of rotatable bonds is 1. The predicted octanol–water partition coefficient (Wildman–Crippen LogP) is 1.14. The van der Waals surface area contributed by atoms with Crippen molar-refractivity contribution in [2.24, 2.45) is 7.05 Å². The Morgan fingerprint density at radius 1 is 1.29 bits per heavy atom. The summed E-state index contributed by atoms with van der Waals surface area (Å²) in [5, 5.41) is 8.79. The number of fused-ring (bicyclic) bond motifs is 1. The molecule has 1 N–H and O–H groups in total. The van der Waals surface area contributed by atoms with Gasteiger partial charge in [0.1, 0.15) is 5.82 Å². The molecule has 5 heteroatoms. The summed E-state index contributed by atoms with van der Waals surface area (Å²) in [6, 6.07) is 0. The van der Waals surface area contributed by atoms with Crippen LogP contribution in [-0.4, -0.2) is 32.8 Å². The van der Waals surface area contributed by atoms with Gasteiger partial charge in [0.25, 0.3) is 0 Å². The normalized spacial score (nSPS) is 17.8. The molecule has 1 saturated heterocycles. The number of hydrogen-bond donors (Lipinski definition) is 1. The molecule has 0 aromatic carbocycles. The van der Waals surface area contributed by atoms with Crippen LogP contribution in [0.4, 0.5) is 0 Å². The van der Waals surface area contributed by atoms with Gasteiger partial charge in [0.2, 0.25) is 0 Å². The van der Waals surface area contributed by atoms with Crippen molar-refractivity contribution < 1.29 is 0 Å². The molecule has 2 aromatic rings. The molecule has 1 fully saturated rings. The average molecular weight is 231 g/mol. The smallest absolute Gasteiger partial charge is 0.161 e. The molecule has 0 bridgehead atoms. The number of nitrogens with zero attached hydrogens (tertiary/aromatic N) is 4. The lowest BCUT2D eigenvalue weighted by Crippen LogP contribution is -2.27. The Kier molecular flexibility index (Phi) is 2.55. The number of hydrogen-bond acceptors (Lipinski definition) is 4.